The van der Waals surface area contributed by atoms with Gasteiger partial charge in [-0.1, -0.05) is 17.3 Å². The molecule has 1 aliphatic rings. The first-order valence-corrected chi connectivity index (χ1v) is 4.97. The molecule has 1 rings (SSSR count). The second kappa shape index (κ2) is 6.38. The van der Waals surface area contributed by atoms with Crippen LogP contribution in [0.15, 0.2) is 29.0 Å². The highest BCUT2D eigenvalue weighted by Crippen LogP contribution is 2.05. The Hall–Kier alpha value is -1.09. The van der Waals surface area contributed by atoms with Crippen molar-refractivity contribution in [2.24, 2.45) is 5.16 Å². The Kier molecular flexibility index (Phi) is 5.00. The summed E-state index contributed by atoms with van der Waals surface area (Å²) in [5.41, 5.74) is 1.24. The highest BCUT2D eigenvalue weighted by molar-refractivity contribution is 5.78. The predicted molar refractivity (Wildman–Crippen MR) is 59.5 cm³/mol. The molecule has 0 aromatic carbocycles. The molecular formula is C11H18N2O. The zero-order valence-electron chi connectivity index (χ0n) is 8.94. The summed E-state index contributed by atoms with van der Waals surface area (Å²) in [7, 11) is 2.11. The summed E-state index contributed by atoms with van der Waals surface area (Å²) in [6, 6.07) is 0. The molecule has 0 atom stereocenters. The lowest BCUT2D eigenvalue weighted by atomic mass is 10.1. The highest BCUT2D eigenvalue weighted by Gasteiger charge is 2.05. The van der Waals surface area contributed by atoms with Gasteiger partial charge < -0.3 is 9.74 Å². The van der Waals surface area contributed by atoms with Crippen molar-refractivity contribution < 1.29 is 4.84 Å². The molecule has 0 N–H and O–H groups in total. The molecule has 14 heavy (non-hydrogen) atoms. The molecule has 0 amide bonds. The van der Waals surface area contributed by atoms with Crippen molar-refractivity contribution in [3.05, 3.63) is 23.8 Å². The molecular weight excluding hydrogens is 176 g/mol. The van der Waals surface area contributed by atoms with E-state index >= 15 is 0 Å². The maximum Gasteiger partial charge on any atom is 0.135 e. The number of nitrogens with zero attached hydrogens (tertiary/aromatic N) is 2. The molecule has 0 radical (unpaired) electrons. The molecule has 0 fully saturated rings. The topological polar surface area (TPSA) is 24.8 Å². The van der Waals surface area contributed by atoms with Gasteiger partial charge in [-0.3, -0.25) is 0 Å². The fourth-order valence-corrected chi connectivity index (χ4v) is 1.31. The molecule has 0 saturated carbocycles. The van der Waals surface area contributed by atoms with Gasteiger partial charge in [0, 0.05) is 13.1 Å². The first-order chi connectivity index (χ1) is 6.83. The van der Waals surface area contributed by atoms with Crippen LogP contribution < -0.4 is 0 Å². The molecule has 0 saturated heterocycles. The highest BCUT2D eigenvalue weighted by atomic mass is 16.6. The van der Waals surface area contributed by atoms with Crippen LogP contribution in [-0.4, -0.2) is 37.9 Å². The van der Waals surface area contributed by atoms with Crippen LogP contribution in [0.3, 0.4) is 0 Å². The minimum Gasteiger partial charge on any atom is -0.392 e. The third-order valence-corrected chi connectivity index (χ3v) is 2.07. The Morgan fingerprint density at radius 3 is 3.21 bits per heavy atom. The fourth-order valence-electron chi connectivity index (χ4n) is 1.31. The van der Waals surface area contributed by atoms with E-state index in [1.807, 2.05) is 19.1 Å². The van der Waals surface area contributed by atoms with E-state index in [4.69, 9.17) is 4.84 Å². The summed E-state index contributed by atoms with van der Waals surface area (Å²) in [5, 5.41) is 3.90. The van der Waals surface area contributed by atoms with Gasteiger partial charge in [-0.25, -0.2) is 0 Å². The van der Waals surface area contributed by atoms with Crippen LogP contribution in [0.1, 0.15) is 13.3 Å². The molecule has 0 aliphatic carbocycles. The Bertz CT molecular complexity index is 244. The zero-order chi connectivity index (χ0) is 10.2. The average Bonchev–Trinajstić information content (AvgIpc) is 2.18. The number of rotatable bonds is 4. The van der Waals surface area contributed by atoms with Crippen molar-refractivity contribution in [3.8, 4) is 0 Å². The minimum absolute atomic E-state index is 0.552. The maximum atomic E-state index is 5.04. The largest absolute Gasteiger partial charge is 0.392 e. The Balaban J connectivity index is 2.25. The quantitative estimate of drug-likeness (QED) is 0.295. The van der Waals surface area contributed by atoms with Gasteiger partial charge in [0.1, 0.15) is 6.61 Å². The lowest BCUT2D eigenvalue weighted by Gasteiger charge is -2.20. The van der Waals surface area contributed by atoms with Crippen molar-refractivity contribution in [3.63, 3.8) is 0 Å². The number of hydrogen-bond acceptors (Lipinski definition) is 3. The van der Waals surface area contributed by atoms with Gasteiger partial charge >= 0.3 is 0 Å². The van der Waals surface area contributed by atoms with E-state index in [9.17, 15) is 0 Å². The van der Waals surface area contributed by atoms with E-state index in [1.165, 1.54) is 5.57 Å². The monoisotopic (exact) mass is 194 g/mol. The molecule has 1 heterocycles. The fraction of sp³-hybridized carbons (Fsp3) is 0.545. The second-order valence-corrected chi connectivity index (χ2v) is 3.40. The van der Waals surface area contributed by atoms with Gasteiger partial charge in [-0.15, -0.1) is 0 Å². The summed E-state index contributed by atoms with van der Waals surface area (Å²) in [4.78, 5) is 7.31. The first kappa shape index (κ1) is 11.0. The summed E-state index contributed by atoms with van der Waals surface area (Å²) in [5.74, 6) is 0. The van der Waals surface area contributed by atoms with Crippen molar-refractivity contribution in [1.82, 2.24) is 4.90 Å². The van der Waals surface area contributed by atoms with Gasteiger partial charge in [0.2, 0.25) is 0 Å². The number of allylic oxidation sites excluding steroid dienone is 1. The number of oxime groups is 1. The SMILES string of the molecule is C/C=C/CO/N=C/C1=CCCN(C)C1. The van der Waals surface area contributed by atoms with Crippen molar-refractivity contribution in [1.29, 1.82) is 0 Å². The zero-order valence-corrected chi connectivity index (χ0v) is 8.94. The van der Waals surface area contributed by atoms with Crippen LogP contribution in [0.25, 0.3) is 0 Å². The molecule has 0 spiro atoms. The smallest absolute Gasteiger partial charge is 0.135 e. The normalized spacial score (nSPS) is 19.1. The average molecular weight is 194 g/mol. The van der Waals surface area contributed by atoms with Crippen molar-refractivity contribution in [2.45, 2.75) is 13.3 Å². The predicted octanol–water partition coefficient (Wildman–Crippen LogP) is 1.83. The maximum absolute atomic E-state index is 5.04. The van der Waals surface area contributed by atoms with Crippen LogP contribution >= 0.6 is 0 Å². The summed E-state index contributed by atoms with van der Waals surface area (Å²) in [6.07, 6.45) is 9.00. The van der Waals surface area contributed by atoms with Gasteiger partial charge in [-0.05, 0) is 32.0 Å². The third kappa shape index (κ3) is 4.23. The lowest BCUT2D eigenvalue weighted by Crippen LogP contribution is -2.25. The summed E-state index contributed by atoms with van der Waals surface area (Å²) in [6.45, 7) is 4.62. The molecule has 0 aromatic rings. The first-order valence-electron chi connectivity index (χ1n) is 4.97. The van der Waals surface area contributed by atoms with E-state index in [0.29, 0.717) is 6.61 Å². The number of hydrogen-bond donors (Lipinski definition) is 0. The van der Waals surface area contributed by atoms with E-state index in [1.54, 1.807) is 6.21 Å². The van der Waals surface area contributed by atoms with Crippen molar-refractivity contribution in [2.75, 3.05) is 26.7 Å². The number of likely N-dealkylation sites (N-methyl/N-ethyl adjacent to an activating group) is 1. The molecule has 78 valence electrons. The molecule has 1 aliphatic heterocycles. The Labute approximate surface area is 85.7 Å². The van der Waals surface area contributed by atoms with Gasteiger partial charge in [-0.2, -0.15) is 0 Å². The van der Waals surface area contributed by atoms with Crippen LogP contribution in [0.4, 0.5) is 0 Å². The molecule has 3 heteroatoms. The Morgan fingerprint density at radius 1 is 1.64 bits per heavy atom. The van der Waals surface area contributed by atoms with Crippen LogP contribution in [0.2, 0.25) is 0 Å². The second-order valence-electron chi connectivity index (χ2n) is 3.40. The van der Waals surface area contributed by atoms with Gasteiger partial charge in [0.05, 0.1) is 6.21 Å². The van der Waals surface area contributed by atoms with Gasteiger partial charge in [0.25, 0.3) is 0 Å². The summed E-state index contributed by atoms with van der Waals surface area (Å²) >= 11 is 0. The standard InChI is InChI=1S/C11H18N2O/c1-3-4-8-14-12-9-11-6-5-7-13(2)10-11/h3-4,6,9H,5,7-8,10H2,1-2H3/b4-3+,12-9+. The molecule has 0 unspecified atom stereocenters. The summed E-state index contributed by atoms with van der Waals surface area (Å²) < 4.78 is 0. The van der Waals surface area contributed by atoms with Crippen LogP contribution in [0.5, 0.6) is 0 Å². The lowest BCUT2D eigenvalue weighted by molar-refractivity contribution is 0.176. The van der Waals surface area contributed by atoms with E-state index in [2.05, 4.69) is 23.2 Å². The molecule has 0 bridgehead atoms. The Morgan fingerprint density at radius 2 is 2.50 bits per heavy atom. The third-order valence-electron chi connectivity index (χ3n) is 2.07. The van der Waals surface area contributed by atoms with Crippen molar-refractivity contribution >= 4 is 6.21 Å². The van der Waals surface area contributed by atoms with Gasteiger partial charge in [0.15, 0.2) is 0 Å². The molecule has 3 nitrogen and oxygen atoms in total. The van der Waals surface area contributed by atoms with E-state index < -0.39 is 0 Å². The molecule has 0 aromatic heterocycles. The minimum atomic E-state index is 0.552. The van der Waals surface area contributed by atoms with Crippen LogP contribution in [-0.2, 0) is 4.84 Å². The van der Waals surface area contributed by atoms with Crippen LogP contribution in [0, 0.1) is 0 Å². The van der Waals surface area contributed by atoms with E-state index in [0.717, 1.165) is 19.5 Å². The van der Waals surface area contributed by atoms with E-state index in [-0.39, 0.29) is 0 Å².